The molecule has 19 heavy (non-hydrogen) atoms. The van der Waals surface area contributed by atoms with E-state index in [0.29, 0.717) is 18.1 Å². The smallest absolute Gasteiger partial charge is 0.0859 e. The van der Waals surface area contributed by atoms with Crippen molar-refractivity contribution in [1.29, 1.82) is 5.41 Å². The lowest BCUT2D eigenvalue weighted by Gasteiger charge is -2.41. The Kier molecular flexibility index (Phi) is 5.40. The van der Waals surface area contributed by atoms with Crippen LogP contribution in [0.1, 0.15) is 57.8 Å². The average molecular weight is 264 g/mol. The van der Waals surface area contributed by atoms with Crippen LogP contribution in [0, 0.1) is 5.41 Å². The molecule has 0 aromatic carbocycles. The third-order valence-corrected chi connectivity index (χ3v) is 4.87. The van der Waals surface area contributed by atoms with Crippen LogP contribution < -0.4 is 5.84 Å². The van der Waals surface area contributed by atoms with Gasteiger partial charge in [-0.2, -0.15) is 0 Å². The van der Waals surface area contributed by atoms with Gasteiger partial charge in [-0.05, 0) is 44.7 Å². The third kappa shape index (κ3) is 3.57. The van der Waals surface area contributed by atoms with Gasteiger partial charge in [0.05, 0.1) is 6.34 Å². The molecule has 0 aromatic heterocycles. The van der Waals surface area contributed by atoms with Gasteiger partial charge in [-0.15, -0.1) is 0 Å². The van der Waals surface area contributed by atoms with Crippen LogP contribution in [0.5, 0.6) is 0 Å². The van der Waals surface area contributed by atoms with Crippen LogP contribution in [0.25, 0.3) is 0 Å². The lowest BCUT2D eigenvalue weighted by molar-refractivity contribution is 0.0700. The molecule has 2 saturated carbocycles. The maximum Gasteiger partial charge on any atom is 0.0859 e. The SMILES string of the molecule is C=CN(C=N)C1CCC(N(N)C2CCCCC2)CC1. The first-order valence-corrected chi connectivity index (χ1v) is 7.70. The maximum atomic E-state index is 7.39. The fourth-order valence-corrected chi connectivity index (χ4v) is 3.64. The third-order valence-electron chi connectivity index (χ3n) is 4.87. The summed E-state index contributed by atoms with van der Waals surface area (Å²) >= 11 is 0. The van der Waals surface area contributed by atoms with Crippen LogP contribution in [-0.2, 0) is 0 Å². The molecule has 4 heteroatoms. The highest BCUT2D eigenvalue weighted by Crippen LogP contribution is 2.29. The highest BCUT2D eigenvalue weighted by molar-refractivity contribution is 5.52. The fourth-order valence-electron chi connectivity index (χ4n) is 3.64. The van der Waals surface area contributed by atoms with Gasteiger partial charge in [0, 0.05) is 18.1 Å². The van der Waals surface area contributed by atoms with Crippen molar-refractivity contribution in [3.8, 4) is 0 Å². The molecule has 0 saturated heterocycles. The first-order valence-electron chi connectivity index (χ1n) is 7.70. The predicted octanol–water partition coefficient (Wildman–Crippen LogP) is 2.86. The summed E-state index contributed by atoms with van der Waals surface area (Å²) in [5.41, 5.74) is 0. The van der Waals surface area contributed by atoms with Gasteiger partial charge in [0.15, 0.2) is 0 Å². The van der Waals surface area contributed by atoms with Crippen molar-refractivity contribution in [2.45, 2.75) is 75.9 Å². The van der Waals surface area contributed by atoms with Crippen LogP contribution in [0.4, 0.5) is 0 Å². The molecule has 2 fully saturated rings. The molecule has 0 unspecified atom stereocenters. The van der Waals surface area contributed by atoms with Gasteiger partial charge in [0.1, 0.15) is 0 Å². The molecule has 0 atom stereocenters. The number of nitrogens with one attached hydrogen (secondary N) is 1. The van der Waals surface area contributed by atoms with Crippen LogP contribution in [-0.4, -0.2) is 34.4 Å². The first-order chi connectivity index (χ1) is 9.26. The van der Waals surface area contributed by atoms with E-state index in [-0.39, 0.29) is 0 Å². The summed E-state index contributed by atoms with van der Waals surface area (Å²) in [6.45, 7) is 3.77. The van der Waals surface area contributed by atoms with Crippen molar-refractivity contribution in [2.75, 3.05) is 0 Å². The molecule has 2 aliphatic carbocycles. The minimum Gasteiger partial charge on any atom is -0.337 e. The van der Waals surface area contributed by atoms with E-state index in [1.807, 2.05) is 4.90 Å². The Morgan fingerprint density at radius 3 is 1.95 bits per heavy atom. The lowest BCUT2D eigenvalue weighted by atomic mass is 9.87. The number of hydrogen-bond donors (Lipinski definition) is 2. The number of rotatable bonds is 5. The summed E-state index contributed by atoms with van der Waals surface area (Å²) < 4.78 is 0. The normalized spacial score (nSPS) is 29.2. The summed E-state index contributed by atoms with van der Waals surface area (Å²) in [6.07, 6.45) is 14.3. The summed E-state index contributed by atoms with van der Waals surface area (Å²) in [5, 5.41) is 9.55. The Balaban J connectivity index is 1.81. The monoisotopic (exact) mass is 264 g/mol. The van der Waals surface area contributed by atoms with Gasteiger partial charge in [0.2, 0.25) is 0 Å². The molecule has 4 nitrogen and oxygen atoms in total. The molecule has 108 valence electrons. The molecule has 0 amide bonds. The van der Waals surface area contributed by atoms with Gasteiger partial charge in [-0.1, -0.05) is 25.8 Å². The van der Waals surface area contributed by atoms with E-state index in [2.05, 4.69) is 11.6 Å². The van der Waals surface area contributed by atoms with Gasteiger partial charge in [-0.25, -0.2) is 5.01 Å². The number of hydrogen-bond acceptors (Lipinski definition) is 3. The molecule has 0 heterocycles. The standard InChI is InChI=1S/C15H28N4/c1-2-18(12-16)13-8-10-15(11-9-13)19(17)14-6-4-3-5-7-14/h2,12-16H,1,3-11,17H2. The zero-order valence-electron chi connectivity index (χ0n) is 11.9. The average Bonchev–Trinajstić information content (AvgIpc) is 2.49. The molecule has 0 aliphatic heterocycles. The zero-order chi connectivity index (χ0) is 13.7. The second-order valence-electron chi connectivity index (χ2n) is 5.96. The molecule has 0 spiro atoms. The van der Waals surface area contributed by atoms with Gasteiger partial charge < -0.3 is 4.90 Å². The molecule has 2 rings (SSSR count). The Hall–Kier alpha value is -0.870. The Labute approximate surface area is 117 Å². The van der Waals surface area contributed by atoms with E-state index in [9.17, 15) is 0 Å². The largest absolute Gasteiger partial charge is 0.337 e. The number of hydrazine groups is 1. The summed E-state index contributed by atoms with van der Waals surface area (Å²) in [7, 11) is 0. The van der Waals surface area contributed by atoms with Gasteiger partial charge >= 0.3 is 0 Å². The summed E-state index contributed by atoms with van der Waals surface area (Å²) in [6, 6.07) is 1.59. The van der Waals surface area contributed by atoms with Gasteiger partial charge in [0.25, 0.3) is 0 Å². The Bertz CT molecular complexity index is 283. The molecule has 0 radical (unpaired) electrons. The van der Waals surface area contributed by atoms with Crippen molar-refractivity contribution in [1.82, 2.24) is 9.91 Å². The summed E-state index contributed by atoms with van der Waals surface area (Å²) in [5.74, 6) is 6.36. The van der Waals surface area contributed by atoms with E-state index in [0.717, 1.165) is 25.7 Å². The van der Waals surface area contributed by atoms with Crippen molar-refractivity contribution >= 4 is 6.34 Å². The quantitative estimate of drug-likeness (QED) is 0.347. The van der Waals surface area contributed by atoms with Gasteiger partial charge in [-0.3, -0.25) is 11.3 Å². The van der Waals surface area contributed by atoms with Crippen LogP contribution in [0.3, 0.4) is 0 Å². The van der Waals surface area contributed by atoms with Crippen molar-refractivity contribution in [2.24, 2.45) is 5.84 Å². The van der Waals surface area contributed by atoms with Crippen LogP contribution in [0.2, 0.25) is 0 Å². The predicted molar refractivity (Wildman–Crippen MR) is 79.8 cm³/mol. The Morgan fingerprint density at radius 1 is 0.895 bits per heavy atom. The minimum absolute atomic E-state index is 0.450. The molecular weight excluding hydrogens is 236 g/mol. The number of nitrogens with zero attached hydrogens (tertiary/aromatic N) is 2. The topological polar surface area (TPSA) is 56.4 Å². The van der Waals surface area contributed by atoms with Crippen molar-refractivity contribution in [3.63, 3.8) is 0 Å². The first kappa shape index (κ1) is 14.5. The van der Waals surface area contributed by atoms with Crippen LogP contribution >= 0.6 is 0 Å². The van der Waals surface area contributed by atoms with Crippen LogP contribution in [0.15, 0.2) is 12.8 Å². The molecule has 0 bridgehead atoms. The number of nitrogens with two attached hydrogens (primary N) is 1. The van der Waals surface area contributed by atoms with Crippen molar-refractivity contribution in [3.05, 3.63) is 12.8 Å². The molecule has 0 aromatic rings. The lowest BCUT2D eigenvalue weighted by Crippen LogP contribution is -2.51. The molecular formula is C15H28N4. The second-order valence-corrected chi connectivity index (χ2v) is 5.96. The Morgan fingerprint density at radius 2 is 1.42 bits per heavy atom. The second kappa shape index (κ2) is 7.06. The van der Waals surface area contributed by atoms with E-state index < -0.39 is 0 Å². The fraction of sp³-hybridized carbons (Fsp3) is 0.800. The van der Waals surface area contributed by atoms with E-state index in [4.69, 9.17) is 11.3 Å². The summed E-state index contributed by atoms with van der Waals surface area (Å²) in [4.78, 5) is 1.93. The minimum atomic E-state index is 0.450. The molecule has 2 aliphatic rings. The van der Waals surface area contributed by atoms with E-state index in [1.165, 1.54) is 38.4 Å². The zero-order valence-corrected chi connectivity index (χ0v) is 11.9. The van der Waals surface area contributed by atoms with E-state index >= 15 is 0 Å². The molecule has 3 N–H and O–H groups in total. The maximum absolute atomic E-state index is 7.39. The highest BCUT2D eigenvalue weighted by Gasteiger charge is 2.30. The van der Waals surface area contributed by atoms with Crippen molar-refractivity contribution < 1.29 is 0 Å². The van der Waals surface area contributed by atoms with E-state index in [1.54, 1.807) is 6.20 Å². The highest BCUT2D eigenvalue weighted by atomic mass is 15.4.